The van der Waals surface area contributed by atoms with E-state index in [-0.39, 0.29) is 0 Å². The summed E-state index contributed by atoms with van der Waals surface area (Å²) in [6.07, 6.45) is 1.81. The number of pyridine rings is 1. The summed E-state index contributed by atoms with van der Waals surface area (Å²) in [7, 11) is 3.71. The first-order valence-electron chi connectivity index (χ1n) is 6.32. The lowest BCUT2D eigenvalue weighted by atomic mass is 10.2. The zero-order valence-corrected chi connectivity index (χ0v) is 11.6. The van der Waals surface area contributed by atoms with Crippen LogP contribution in [0.4, 0.5) is 17.2 Å². The Morgan fingerprint density at radius 1 is 1.16 bits per heavy atom. The van der Waals surface area contributed by atoms with Crippen molar-refractivity contribution in [2.24, 2.45) is 0 Å². The molecule has 0 aliphatic rings. The van der Waals surface area contributed by atoms with E-state index in [9.17, 15) is 0 Å². The third-order valence-corrected chi connectivity index (χ3v) is 2.95. The van der Waals surface area contributed by atoms with Crippen LogP contribution in [-0.2, 0) is 0 Å². The molecular weight excluding hydrogens is 238 g/mol. The van der Waals surface area contributed by atoms with Gasteiger partial charge in [-0.15, -0.1) is 0 Å². The molecule has 4 heteroatoms. The molecule has 2 aromatic rings. The smallest absolute Gasteiger partial charge is 0.127 e. The molecule has 1 aromatic heterocycles. The number of nitrogens with zero attached hydrogens (tertiary/aromatic N) is 2. The Morgan fingerprint density at radius 3 is 2.53 bits per heavy atom. The average Bonchev–Trinajstić information content (AvgIpc) is 2.47. The van der Waals surface area contributed by atoms with Crippen molar-refractivity contribution in [3.63, 3.8) is 0 Å². The highest BCUT2D eigenvalue weighted by atomic mass is 16.5. The second-order valence-electron chi connectivity index (χ2n) is 4.19. The van der Waals surface area contributed by atoms with Crippen molar-refractivity contribution in [2.45, 2.75) is 6.92 Å². The van der Waals surface area contributed by atoms with Crippen molar-refractivity contribution in [2.75, 3.05) is 30.9 Å². The van der Waals surface area contributed by atoms with Gasteiger partial charge in [0, 0.05) is 37.2 Å². The zero-order chi connectivity index (χ0) is 13.7. The molecule has 0 aliphatic heterocycles. The molecule has 0 atom stereocenters. The molecule has 0 bridgehead atoms. The predicted molar refractivity (Wildman–Crippen MR) is 79.5 cm³/mol. The van der Waals surface area contributed by atoms with E-state index in [1.54, 1.807) is 7.11 Å². The van der Waals surface area contributed by atoms with E-state index in [1.807, 2.05) is 49.6 Å². The molecule has 19 heavy (non-hydrogen) atoms. The maximum atomic E-state index is 5.17. The molecule has 1 heterocycles. The monoisotopic (exact) mass is 257 g/mol. The molecule has 0 amide bonds. The van der Waals surface area contributed by atoms with Crippen LogP contribution < -0.4 is 15.0 Å². The molecule has 0 saturated carbocycles. The van der Waals surface area contributed by atoms with Crippen LogP contribution in [-0.4, -0.2) is 25.7 Å². The SMILES string of the molecule is CCNc1cc(N(C)c2ccc(OC)cc2)ccn1. The van der Waals surface area contributed by atoms with Gasteiger partial charge in [0.25, 0.3) is 0 Å². The van der Waals surface area contributed by atoms with E-state index in [0.717, 1.165) is 29.5 Å². The lowest BCUT2D eigenvalue weighted by Crippen LogP contribution is -2.10. The minimum atomic E-state index is 0.861. The number of benzene rings is 1. The summed E-state index contributed by atoms with van der Waals surface area (Å²) in [5.41, 5.74) is 2.20. The molecule has 1 aromatic carbocycles. The molecule has 2 rings (SSSR count). The number of rotatable bonds is 5. The molecule has 0 aliphatic carbocycles. The van der Waals surface area contributed by atoms with Crippen molar-refractivity contribution >= 4 is 17.2 Å². The highest BCUT2D eigenvalue weighted by Gasteiger charge is 2.05. The summed E-state index contributed by atoms with van der Waals surface area (Å²) in [4.78, 5) is 6.39. The highest BCUT2D eigenvalue weighted by molar-refractivity contribution is 5.65. The van der Waals surface area contributed by atoms with Crippen molar-refractivity contribution in [3.8, 4) is 5.75 Å². The quantitative estimate of drug-likeness (QED) is 0.892. The van der Waals surface area contributed by atoms with Crippen LogP contribution in [0.15, 0.2) is 42.6 Å². The second kappa shape index (κ2) is 6.09. The number of anilines is 3. The van der Waals surface area contributed by atoms with Crippen molar-refractivity contribution in [1.82, 2.24) is 4.98 Å². The number of nitrogens with one attached hydrogen (secondary N) is 1. The lowest BCUT2D eigenvalue weighted by molar-refractivity contribution is 0.415. The van der Waals surface area contributed by atoms with E-state index in [0.29, 0.717) is 0 Å². The van der Waals surface area contributed by atoms with E-state index < -0.39 is 0 Å². The molecule has 0 unspecified atom stereocenters. The fourth-order valence-electron chi connectivity index (χ4n) is 1.86. The van der Waals surface area contributed by atoms with E-state index in [1.165, 1.54) is 0 Å². The number of methoxy groups -OCH3 is 1. The number of aromatic nitrogens is 1. The summed E-state index contributed by atoms with van der Waals surface area (Å²) < 4.78 is 5.17. The van der Waals surface area contributed by atoms with Crippen molar-refractivity contribution in [3.05, 3.63) is 42.6 Å². The van der Waals surface area contributed by atoms with Gasteiger partial charge in [0.05, 0.1) is 7.11 Å². The Kier molecular flexibility index (Phi) is 4.23. The Balaban J connectivity index is 2.22. The molecule has 0 saturated heterocycles. The van der Waals surface area contributed by atoms with Gasteiger partial charge in [-0.2, -0.15) is 0 Å². The maximum Gasteiger partial charge on any atom is 0.127 e. The third-order valence-electron chi connectivity index (χ3n) is 2.95. The first kappa shape index (κ1) is 13.2. The van der Waals surface area contributed by atoms with Gasteiger partial charge in [-0.05, 0) is 37.3 Å². The Hall–Kier alpha value is -2.23. The molecule has 100 valence electrons. The average molecular weight is 257 g/mol. The van der Waals surface area contributed by atoms with Gasteiger partial charge >= 0.3 is 0 Å². The van der Waals surface area contributed by atoms with Crippen molar-refractivity contribution < 1.29 is 4.74 Å². The van der Waals surface area contributed by atoms with Crippen molar-refractivity contribution in [1.29, 1.82) is 0 Å². The van der Waals surface area contributed by atoms with Crippen LogP contribution in [0, 0.1) is 0 Å². The second-order valence-corrected chi connectivity index (χ2v) is 4.19. The van der Waals surface area contributed by atoms with Gasteiger partial charge in [0.2, 0.25) is 0 Å². The molecule has 0 spiro atoms. The van der Waals surface area contributed by atoms with Gasteiger partial charge < -0.3 is 15.0 Å². The van der Waals surface area contributed by atoms with Crippen LogP contribution in [0.25, 0.3) is 0 Å². The predicted octanol–water partition coefficient (Wildman–Crippen LogP) is 3.29. The van der Waals surface area contributed by atoms with Crippen LogP contribution >= 0.6 is 0 Å². The first-order valence-corrected chi connectivity index (χ1v) is 6.32. The normalized spacial score (nSPS) is 10.1. The van der Waals surface area contributed by atoms with E-state index in [4.69, 9.17) is 4.74 Å². The Bertz CT molecular complexity index is 525. The molecule has 0 fully saturated rings. The van der Waals surface area contributed by atoms with Gasteiger partial charge in [0.1, 0.15) is 11.6 Å². The summed E-state index contributed by atoms with van der Waals surface area (Å²) >= 11 is 0. The number of hydrogen-bond donors (Lipinski definition) is 1. The maximum absolute atomic E-state index is 5.17. The lowest BCUT2D eigenvalue weighted by Gasteiger charge is -2.20. The van der Waals surface area contributed by atoms with Gasteiger partial charge in [-0.3, -0.25) is 0 Å². The standard InChI is InChI=1S/C15H19N3O/c1-4-16-15-11-13(9-10-17-15)18(2)12-5-7-14(19-3)8-6-12/h5-11H,4H2,1-3H3,(H,16,17). The topological polar surface area (TPSA) is 37.4 Å². The number of hydrogen-bond acceptors (Lipinski definition) is 4. The summed E-state index contributed by atoms with van der Waals surface area (Å²) in [6.45, 7) is 2.92. The minimum absolute atomic E-state index is 0.861. The van der Waals surface area contributed by atoms with Crippen LogP contribution in [0.3, 0.4) is 0 Å². The molecular formula is C15H19N3O. The van der Waals surface area contributed by atoms with Crippen LogP contribution in [0.5, 0.6) is 5.75 Å². The van der Waals surface area contributed by atoms with E-state index >= 15 is 0 Å². The largest absolute Gasteiger partial charge is 0.497 e. The van der Waals surface area contributed by atoms with Crippen LogP contribution in [0.1, 0.15) is 6.92 Å². The third kappa shape index (κ3) is 3.16. The summed E-state index contributed by atoms with van der Waals surface area (Å²) in [6, 6.07) is 12.0. The van der Waals surface area contributed by atoms with Gasteiger partial charge in [-0.25, -0.2) is 4.98 Å². The number of ether oxygens (including phenoxy) is 1. The van der Waals surface area contributed by atoms with Crippen LogP contribution in [0.2, 0.25) is 0 Å². The van der Waals surface area contributed by atoms with E-state index in [2.05, 4.69) is 22.1 Å². The zero-order valence-electron chi connectivity index (χ0n) is 11.6. The molecule has 1 N–H and O–H groups in total. The molecule has 4 nitrogen and oxygen atoms in total. The minimum Gasteiger partial charge on any atom is -0.497 e. The van der Waals surface area contributed by atoms with Gasteiger partial charge in [0.15, 0.2) is 0 Å². The highest BCUT2D eigenvalue weighted by Crippen LogP contribution is 2.26. The Labute approximate surface area is 114 Å². The summed E-state index contributed by atoms with van der Waals surface area (Å²) in [5, 5.41) is 3.21. The first-order chi connectivity index (χ1) is 9.24. The molecule has 0 radical (unpaired) electrons. The van der Waals surface area contributed by atoms with Gasteiger partial charge in [-0.1, -0.05) is 0 Å². The summed E-state index contributed by atoms with van der Waals surface area (Å²) in [5.74, 6) is 1.75. The Morgan fingerprint density at radius 2 is 1.89 bits per heavy atom. The fourth-order valence-corrected chi connectivity index (χ4v) is 1.86. The fraction of sp³-hybridized carbons (Fsp3) is 0.267.